The zero-order valence-corrected chi connectivity index (χ0v) is 9.08. The Labute approximate surface area is 101 Å². The Kier molecular flexibility index (Phi) is 2.89. The molecule has 0 aliphatic rings. The minimum absolute atomic E-state index is 0.0188. The smallest absolute Gasteiger partial charge is 0.269 e. The van der Waals surface area contributed by atoms with E-state index in [1.54, 1.807) is 12.1 Å². The van der Waals surface area contributed by atoms with Crippen LogP contribution in [-0.4, -0.2) is 9.91 Å². The van der Waals surface area contributed by atoms with Crippen LogP contribution in [0.1, 0.15) is 5.56 Å². The Morgan fingerprint density at radius 3 is 2.33 bits per heavy atom. The molecule has 1 N–H and O–H groups in total. The molecular formula is C12H7N3O3. The number of nitrogens with zero attached hydrogens (tertiary/aromatic N) is 2. The first-order chi connectivity index (χ1) is 8.61. The van der Waals surface area contributed by atoms with Crippen LogP contribution in [0, 0.1) is 21.4 Å². The van der Waals surface area contributed by atoms with Crippen LogP contribution in [0.5, 0.6) is 0 Å². The number of benzene rings is 1. The maximum absolute atomic E-state index is 11.4. The zero-order valence-electron chi connectivity index (χ0n) is 9.08. The van der Waals surface area contributed by atoms with E-state index in [1.807, 2.05) is 0 Å². The number of nitriles is 1. The monoisotopic (exact) mass is 241 g/mol. The van der Waals surface area contributed by atoms with Gasteiger partial charge in [-0.2, -0.15) is 5.26 Å². The molecule has 0 unspecified atom stereocenters. The van der Waals surface area contributed by atoms with Gasteiger partial charge in [0.25, 0.3) is 11.2 Å². The normalized spacial score (nSPS) is 9.72. The Hall–Kier alpha value is -2.94. The van der Waals surface area contributed by atoms with Crippen molar-refractivity contribution in [2.75, 3.05) is 0 Å². The summed E-state index contributed by atoms with van der Waals surface area (Å²) < 4.78 is 0. The number of rotatable bonds is 2. The summed E-state index contributed by atoms with van der Waals surface area (Å²) in [5.41, 5.74) is 0.680. The molecule has 0 fully saturated rings. The van der Waals surface area contributed by atoms with Crippen molar-refractivity contribution in [1.29, 1.82) is 5.26 Å². The van der Waals surface area contributed by atoms with Gasteiger partial charge >= 0.3 is 0 Å². The van der Waals surface area contributed by atoms with Crippen LogP contribution in [0.3, 0.4) is 0 Å². The van der Waals surface area contributed by atoms with Gasteiger partial charge in [-0.1, -0.05) is 0 Å². The molecule has 0 bridgehead atoms. The van der Waals surface area contributed by atoms with Crippen molar-refractivity contribution in [1.82, 2.24) is 4.98 Å². The topological polar surface area (TPSA) is 99.8 Å². The van der Waals surface area contributed by atoms with Gasteiger partial charge in [-0.15, -0.1) is 0 Å². The summed E-state index contributed by atoms with van der Waals surface area (Å²) in [6.45, 7) is 0. The number of H-pyrrole nitrogens is 1. The van der Waals surface area contributed by atoms with E-state index in [0.29, 0.717) is 11.3 Å². The van der Waals surface area contributed by atoms with Gasteiger partial charge < -0.3 is 4.98 Å². The third-order valence-electron chi connectivity index (χ3n) is 2.42. The highest BCUT2D eigenvalue weighted by atomic mass is 16.6. The number of hydrogen-bond donors (Lipinski definition) is 1. The average Bonchev–Trinajstić information content (AvgIpc) is 2.38. The van der Waals surface area contributed by atoms with Crippen LogP contribution in [0.4, 0.5) is 5.69 Å². The Morgan fingerprint density at radius 1 is 1.17 bits per heavy atom. The van der Waals surface area contributed by atoms with Crippen molar-refractivity contribution in [3.05, 3.63) is 62.4 Å². The highest BCUT2D eigenvalue weighted by molar-refractivity contribution is 5.61. The molecule has 6 nitrogen and oxygen atoms in total. The molecule has 1 aromatic heterocycles. The van der Waals surface area contributed by atoms with E-state index in [1.165, 1.54) is 30.3 Å². The molecule has 0 spiro atoms. The van der Waals surface area contributed by atoms with E-state index < -0.39 is 10.5 Å². The van der Waals surface area contributed by atoms with Gasteiger partial charge in [-0.25, -0.2) is 0 Å². The number of nitro benzene ring substituents is 1. The van der Waals surface area contributed by atoms with Crippen LogP contribution < -0.4 is 5.56 Å². The summed E-state index contributed by atoms with van der Waals surface area (Å²) in [4.78, 5) is 24.0. The van der Waals surface area contributed by atoms with E-state index in [9.17, 15) is 14.9 Å². The Balaban J connectivity index is 2.44. The van der Waals surface area contributed by atoms with Gasteiger partial charge in [0, 0.05) is 17.8 Å². The maximum Gasteiger partial charge on any atom is 0.269 e. The largest absolute Gasteiger partial charge is 0.321 e. The van der Waals surface area contributed by atoms with Crippen LogP contribution in [0.15, 0.2) is 41.2 Å². The second kappa shape index (κ2) is 4.51. The first-order valence-electron chi connectivity index (χ1n) is 5.00. The average molecular weight is 241 g/mol. The molecule has 0 aliphatic heterocycles. The molecule has 0 atom stereocenters. The lowest BCUT2D eigenvalue weighted by Gasteiger charge is -2.01. The molecule has 18 heavy (non-hydrogen) atoms. The second-order valence-corrected chi connectivity index (χ2v) is 3.53. The zero-order chi connectivity index (χ0) is 13.1. The van der Waals surface area contributed by atoms with Crippen LogP contribution in [-0.2, 0) is 0 Å². The number of non-ortho nitro benzene ring substituents is 1. The standard InChI is InChI=1S/C12H7N3O3/c13-7-9-3-6-11(14-12(9)16)8-1-4-10(5-2-8)15(17)18/h1-6H,(H,14,16). The molecule has 0 saturated heterocycles. The van der Waals surface area contributed by atoms with Crippen molar-refractivity contribution in [3.63, 3.8) is 0 Å². The third-order valence-corrected chi connectivity index (χ3v) is 2.42. The van der Waals surface area contributed by atoms with Crippen molar-refractivity contribution >= 4 is 5.69 Å². The van der Waals surface area contributed by atoms with Crippen molar-refractivity contribution in [2.24, 2.45) is 0 Å². The number of aromatic amines is 1. The van der Waals surface area contributed by atoms with E-state index in [4.69, 9.17) is 5.26 Å². The lowest BCUT2D eigenvalue weighted by atomic mass is 10.1. The molecule has 0 amide bonds. The summed E-state index contributed by atoms with van der Waals surface area (Å²) in [5.74, 6) is 0. The molecule has 2 aromatic rings. The molecule has 0 aliphatic carbocycles. The minimum Gasteiger partial charge on any atom is -0.321 e. The molecule has 1 heterocycles. The van der Waals surface area contributed by atoms with E-state index in [0.717, 1.165) is 0 Å². The lowest BCUT2D eigenvalue weighted by molar-refractivity contribution is -0.384. The predicted octanol–water partition coefficient (Wildman–Crippen LogP) is 1.82. The highest BCUT2D eigenvalue weighted by Gasteiger charge is 2.06. The van der Waals surface area contributed by atoms with Crippen molar-refractivity contribution in [2.45, 2.75) is 0 Å². The first-order valence-corrected chi connectivity index (χ1v) is 5.00. The fourth-order valence-corrected chi connectivity index (χ4v) is 1.49. The van der Waals surface area contributed by atoms with E-state index in [2.05, 4.69) is 4.98 Å². The summed E-state index contributed by atoms with van der Waals surface area (Å²) in [7, 11) is 0. The molecular weight excluding hydrogens is 234 g/mol. The fourth-order valence-electron chi connectivity index (χ4n) is 1.49. The first kappa shape index (κ1) is 11.5. The molecule has 2 rings (SSSR count). The van der Waals surface area contributed by atoms with Crippen molar-refractivity contribution < 1.29 is 4.92 Å². The third kappa shape index (κ3) is 2.10. The predicted molar refractivity (Wildman–Crippen MR) is 63.9 cm³/mol. The number of nitrogens with one attached hydrogen (secondary N) is 1. The van der Waals surface area contributed by atoms with Crippen LogP contribution in [0.2, 0.25) is 0 Å². The molecule has 1 aromatic carbocycles. The van der Waals surface area contributed by atoms with E-state index >= 15 is 0 Å². The summed E-state index contributed by atoms with van der Waals surface area (Å²) in [6.07, 6.45) is 0. The summed E-state index contributed by atoms with van der Waals surface area (Å²) in [5, 5.41) is 19.1. The molecule has 0 radical (unpaired) electrons. The van der Waals surface area contributed by atoms with E-state index in [-0.39, 0.29) is 11.3 Å². The number of pyridine rings is 1. The lowest BCUT2D eigenvalue weighted by Crippen LogP contribution is -2.10. The second-order valence-electron chi connectivity index (χ2n) is 3.53. The number of aromatic nitrogens is 1. The van der Waals surface area contributed by atoms with Gasteiger partial charge in [0.2, 0.25) is 0 Å². The highest BCUT2D eigenvalue weighted by Crippen LogP contribution is 2.19. The summed E-state index contributed by atoms with van der Waals surface area (Å²) in [6, 6.07) is 10.5. The Bertz CT molecular complexity index is 696. The molecule has 6 heteroatoms. The number of hydrogen-bond acceptors (Lipinski definition) is 4. The van der Waals surface area contributed by atoms with Crippen LogP contribution >= 0.6 is 0 Å². The molecule has 0 saturated carbocycles. The van der Waals surface area contributed by atoms with Gasteiger partial charge in [0.05, 0.1) is 4.92 Å². The fraction of sp³-hybridized carbons (Fsp3) is 0. The van der Waals surface area contributed by atoms with Crippen LogP contribution in [0.25, 0.3) is 11.3 Å². The van der Waals surface area contributed by atoms with Gasteiger partial charge in [-0.05, 0) is 29.8 Å². The minimum atomic E-state index is -0.495. The SMILES string of the molecule is N#Cc1ccc(-c2ccc([N+](=O)[O-])cc2)[nH]c1=O. The number of nitro groups is 1. The maximum atomic E-state index is 11.4. The molecule has 88 valence electrons. The van der Waals surface area contributed by atoms with Gasteiger partial charge in [0.15, 0.2) is 0 Å². The quantitative estimate of drug-likeness (QED) is 0.640. The Morgan fingerprint density at radius 2 is 1.83 bits per heavy atom. The summed E-state index contributed by atoms with van der Waals surface area (Å²) >= 11 is 0. The van der Waals surface area contributed by atoms with Gasteiger partial charge in [0.1, 0.15) is 11.6 Å². The van der Waals surface area contributed by atoms with Gasteiger partial charge in [-0.3, -0.25) is 14.9 Å². The van der Waals surface area contributed by atoms with Crippen molar-refractivity contribution in [3.8, 4) is 17.3 Å².